The zero-order valence-corrected chi connectivity index (χ0v) is 25.7. The van der Waals surface area contributed by atoms with Gasteiger partial charge in [-0.2, -0.15) is 0 Å². The van der Waals surface area contributed by atoms with Crippen LogP contribution in [0.5, 0.6) is 0 Å². The molecular weight excluding hydrogens is 608 g/mol. The normalized spacial score (nSPS) is 30.7. The van der Waals surface area contributed by atoms with Crippen LogP contribution in [0.2, 0.25) is 0 Å². The molecule has 0 radical (unpaired) electrons. The maximum absolute atomic E-state index is 14.4. The molecule has 0 aliphatic carbocycles. The van der Waals surface area contributed by atoms with Gasteiger partial charge in [-0.15, -0.1) is 24.9 Å². The summed E-state index contributed by atoms with van der Waals surface area (Å²) in [5, 5.41) is 9.82. The van der Waals surface area contributed by atoms with E-state index in [1.165, 1.54) is 0 Å². The van der Waals surface area contributed by atoms with Crippen molar-refractivity contribution in [2.24, 2.45) is 11.8 Å². The zero-order valence-electron chi connectivity index (χ0n) is 23.3. The van der Waals surface area contributed by atoms with E-state index in [0.29, 0.717) is 45.8 Å². The molecule has 4 heterocycles. The average Bonchev–Trinajstić information content (AvgIpc) is 3.58. The van der Waals surface area contributed by atoms with Crippen LogP contribution in [-0.4, -0.2) is 124 Å². The lowest BCUT2D eigenvalue weighted by atomic mass is 9.70. The summed E-state index contributed by atoms with van der Waals surface area (Å²) >= 11 is 5.45. The van der Waals surface area contributed by atoms with Crippen LogP contribution in [0.4, 0.5) is 5.69 Å². The highest BCUT2D eigenvalue weighted by Crippen LogP contribution is 2.68. The number of fused-ring (bicyclic) bond motifs is 1. The van der Waals surface area contributed by atoms with E-state index in [4.69, 9.17) is 4.74 Å². The van der Waals surface area contributed by atoms with Gasteiger partial charge in [0.15, 0.2) is 0 Å². The second-order valence-electron chi connectivity index (χ2n) is 11.0. The number of morpholine rings is 1. The Kier molecular flexibility index (Phi) is 9.60. The zero-order chi connectivity index (χ0) is 29.1. The number of amides is 3. The van der Waals surface area contributed by atoms with Gasteiger partial charge in [0.2, 0.25) is 17.7 Å². The summed E-state index contributed by atoms with van der Waals surface area (Å²) in [6, 6.07) is 8.65. The molecule has 0 aromatic heterocycles. The predicted molar refractivity (Wildman–Crippen MR) is 164 cm³/mol. The molecule has 4 saturated heterocycles. The van der Waals surface area contributed by atoms with Gasteiger partial charge >= 0.3 is 0 Å². The summed E-state index contributed by atoms with van der Waals surface area (Å²) in [6.45, 7) is 12.4. The molecule has 6 atom stereocenters. The number of aliphatic hydroxyl groups is 1. The summed E-state index contributed by atoms with van der Waals surface area (Å²) in [6.07, 6.45) is 4.00. The van der Waals surface area contributed by atoms with Crippen molar-refractivity contribution in [2.75, 3.05) is 70.5 Å². The molecule has 4 aliphatic rings. The Morgan fingerprint density at radius 1 is 1.12 bits per heavy atom. The van der Waals surface area contributed by atoms with Gasteiger partial charge in [0.25, 0.3) is 0 Å². The maximum Gasteiger partial charge on any atom is 0.247 e. The summed E-state index contributed by atoms with van der Waals surface area (Å²) in [4.78, 5) is 50.2. The molecule has 1 aromatic carbocycles. The van der Waals surface area contributed by atoms with Crippen molar-refractivity contribution in [1.82, 2.24) is 14.7 Å². The van der Waals surface area contributed by atoms with Crippen LogP contribution in [0.15, 0.2) is 55.6 Å². The molecule has 11 heteroatoms. The first kappa shape index (κ1) is 30.3. The van der Waals surface area contributed by atoms with Crippen molar-refractivity contribution < 1.29 is 24.2 Å². The fourth-order valence-corrected chi connectivity index (χ4v) is 10.6. The van der Waals surface area contributed by atoms with Crippen molar-refractivity contribution in [3.63, 3.8) is 0 Å². The first-order chi connectivity index (χ1) is 19.9. The number of alkyl halides is 1. The molecule has 0 saturated carbocycles. The number of carbonyl (C=O) groups excluding carboxylic acids is 3. The lowest BCUT2D eigenvalue weighted by Gasteiger charge is -2.39. The monoisotopic (exact) mass is 646 g/mol. The number of hydrogen-bond donors (Lipinski definition) is 1. The SMILES string of the molecule is C=CCN(CCN1CCOCC1)C(=O)C1N(CCO)C(=O)[C@@H]2[C@H](C(=O)N(CC=C)c3ccccc3)[C@H]3SC12CC3Br. The summed E-state index contributed by atoms with van der Waals surface area (Å²) in [5.41, 5.74) is 0.746. The van der Waals surface area contributed by atoms with Crippen LogP contribution in [0.3, 0.4) is 0 Å². The minimum absolute atomic E-state index is 0.0302. The number of β-amino-alcohol motifs (C(OH)–C–C–N with tert-alkyl or cyclic N) is 1. The third-order valence-electron chi connectivity index (χ3n) is 8.75. The molecular formula is C30H39BrN4O5S. The highest BCUT2D eigenvalue weighted by Gasteiger charge is 2.76. The van der Waals surface area contributed by atoms with E-state index >= 15 is 0 Å². The van der Waals surface area contributed by atoms with Gasteiger partial charge in [0.1, 0.15) is 6.04 Å². The largest absolute Gasteiger partial charge is 0.395 e. The van der Waals surface area contributed by atoms with Crippen LogP contribution < -0.4 is 4.90 Å². The quantitative estimate of drug-likeness (QED) is 0.274. The number of likely N-dealkylation sites (tertiary alicyclic amines) is 1. The molecule has 1 N–H and O–H groups in total. The van der Waals surface area contributed by atoms with Crippen LogP contribution in [0, 0.1) is 11.8 Å². The van der Waals surface area contributed by atoms with E-state index in [2.05, 4.69) is 34.0 Å². The molecule has 3 amide bonds. The van der Waals surface area contributed by atoms with E-state index in [0.717, 1.165) is 18.8 Å². The first-order valence-electron chi connectivity index (χ1n) is 14.3. The standard InChI is InChI=1S/C30H39BrN4O5S/c1-3-10-33(13-12-32-15-18-40-19-16-32)29(39)26-30-20-22(31)25(41-30)23(24(30)28(38)35(26)14-17-36)27(37)34(11-4-2)21-8-6-5-7-9-21/h3-9,22-26,36H,1-2,10-20H2/t22?,23-,24-,25-,26?,30?/m0/s1. The van der Waals surface area contributed by atoms with Crippen LogP contribution in [0.1, 0.15) is 6.42 Å². The predicted octanol–water partition coefficient (Wildman–Crippen LogP) is 2.01. The lowest BCUT2D eigenvalue weighted by molar-refractivity contribution is -0.143. The van der Waals surface area contributed by atoms with Crippen molar-refractivity contribution in [2.45, 2.75) is 27.3 Å². The van der Waals surface area contributed by atoms with Gasteiger partial charge in [-0.05, 0) is 18.6 Å². The van der Waals surface area contributed by atoms with Gasteiger partial charge in [-0.25, -0.2) is 0 Å². The second-order valence-corrected chi connectivity index (χ2v) is 13.7. The number of benzene rings is 1. The number of nitrogens with zero attached hydrogens (tertiary/aromatic N) is 4. The Labute approximate surface area is 254 Å². The smallest absolute Gasteiger partial charge is 0.247 e. The number of halogens is 1. The maximum atomic E-state index is 14.4. The van der Waals surface area contributed by atoms with Crippen LogP contribution in [-0.2, 0) is 19.1 Å². The topological polar surface area (TPSA) is 93.6 Å². The summed E-state index contributed by atoms with van der Waals surface area (Å²) in [5.74, 6) is -1.76. The number of rotatable bonds is 12. The summed E-state index contributed by atoms with van der Waals surface area (Å²) in [7, 11) is 0. The van der Waals surface area contributed by atoms with Crippen molar-refractivity contribution in [3.05, 3.63) is 55.6 Å². The Bertz CT molecular complexity index is 1150. The molecule has 41 heavy (non-hydrogen) atoms. The first-order valence-corrected chi connectivity index (χ1v) is 16.1. The van der Waals surface area contributed by atoms with E-state index in [9.17, 15) is 19.5 Å². The number of carbonyl (C=O) groups is 3. The molecule has 3 unspecified atom stereocenters. The summed E-state index contributed by atoms with van der Waals surface area (Å²) < 4.78 is 4.70. The molecule has 5 rings (SSSR count). The Morgan fingerprint density at radius 2 is 1.83 bits per heavy atom. The van der Waals surface area contributed by atoms with Crippen molar-refractivity contribution in [3.8, 4) is 0 Å². The Balaban J connectivity index is 1.47. The Hall–Kier alpha value is -2.18. The molecule has 2 bridgehead atoms. The van der Waals surface area contributed by atoms with E-state index in [-0.39, 0.29) is 41.0 Å². The van der Waals surface area contributed by atoms with Crippen LogP contribution >= 0.6 is 27.7 Å². The number of para-hydroxylation sites is 1. The molecule has 4 fully saturated rings. The number of anilines is 1. The van der Waals surface area contributed by atoms with Gasteiger partial charge in [0, 0.05) is 61.6 Å². The van der Waals surface area contributed by atoms with E-state index in [1.807, 2.05) is 30.3 Å². The van der Waals surface area contributed by atoms with Crippen LogP contribution in [0.25, 0.3) is 0 Å². The highest BCUT2D eigenvalue weighted by atomic mass is 79.9. The molecule has 9 nitrogen and oxygen atoms in total. The van der Waals surface area contributed by atoms with Gasteiger partial charge < -0.3 is 24.5 Å². The second kappa shape index (κ2) is 13.0. The Morgan fingerprint density at radius 3 is 2.49 bits per heavy atom. The minimum atomic E-state index is -0.769. The highest BCUT2D eigenvalue weighted by molar-refractivity contribution is 9.09. The fraction of sp³-hybridized carbons (Fsp3) is 0.567. The fourth-order valence-electron chi connectivity index (χ4n) is 6.99. The van der Waals surface area contributed by atoms with Gasteiger partial charge in [-0.1, -0.05) is 46.3 Å². The third-order valence-corrected chi connectivity index (χ3v) is 12.0. The van der Waals surface area contributed by atoms with E-state index in [1.54, 1.807) is 38.6 Å². The number of ether oxygens (including phenoxy) is 1. The van der Waals surface area contributed by atoms with Crippen molar-refractivity contribution in [1.29, 1.82) is 0 Å². The lowest BCUT2D eigenvalue weighted by Crippen LogP contribution is -2.57. The molecule has 1 spiro atoms. The number of aliphatic hydroxyl groups excluding tert-OH is 1. The minimum Gasteiger partial charge on any atom is -0.395 e. The van der Waals surface area contributed by atoms with Gasteiger partial charge in [-0.3, -0.25) is 19.3 Å². The molecule has 222 valence electrons. The molecule has 4 aliphatic heterocycles. The van der Waals surface area contributed by atoms with Crippen molar-refractivity contribution >= 4 is 51.1 Å². The average molecular weight is 648 g/mol. The number of thioether (sulfide) groups is 1. The van der Waals surface area contributed by atoms with Gasteiger partial charge in [0.05, 0.1) is 36.4 Å². The van der Waals surface area contributed by atoms with E-state index < -0.39 is 22.6 Å². The third kappa shape index (κ3) is 5.51. The number of hydrogen-bond acceptors (Lipinski definition) is 7. The molecule has 1 aromatic rings.